The van der Waals surface area contributed by atoms with Crippen molar-refractivity contribution >= 4 is 45.9 Å². The Morgan fingerprint density at radius 1 is 1.22 bits per heavy atom. The third-order valence-corrected chi connectivity index (χ3v) is 5.79. The number of hydrogen-bond acceptors (Lipinski definition) is 4. The zero-order valence-corrected chi connectivity index (χ0v) is 15.9. The summed E-state index contributed by atoms with van der Waals surface area (Å²) in [6.45, 7) is 3.97. The summed E-state index contributed by atoms with van der Waals surface area (Å²) in [6, 6.07) is 13.5. The van der Waals surface area contributed by atoms with Crippen LogP contribution < -0.4 is 10.6 Å². The van der Waals surface area contributed by atoms with Gasteiger partial charge in [-0.15, -0.1) is 11.8 Å². The molecule has 0 unspecified atom stereocenters. The SMILES string of the molecule is Cc1nc2ccccc2c(C)c1CC(=O)Nc1ccc2c(c1)NC(=O)CS2. The molecule has 0 saturated carbocycles. The molecule has 6 heteroatoms. The summed E-state index contributed by atoms with van der Waals surface area (Å²) >= 11 is 1.50. The monoisotopic (exact) mass is 377 g/mol. The second-order valence-corrected chi connectivity index (χ2v) is 7.61. The number of aryl methyl sites for hydroxylation is 2. The first-order valence-electron chi connectivity index (χ1n) is 8.72. The zero-order chi connectivity index (χ0) is 19.0. The molecule has 0 radical (unpaired) electrons. The van der Waals surface area contributed by atoms with E-state index >= 15 is 0 Å². The van der Waals surface area contributed by atoms with Crippen molar-refractivity contribution in [1.29, 1.82) is 0 Å². The van der Waals surface area contributed by atoms with Crippen molar-refractivity contribution in [1.82, 2.24) is 4.98 Å². The summed E-state index contributed by atoms with van der Waals surface area (Å²) in [5, 5.41) is 6.84. The quantitative estimate of drug-likeness (QED) is 0.722. The summed E-state index contributed by atoms with van der Waals surface area (Å²) in [7, 11) is 0. The maximum absolute atomic E-state index is 12.6. The van der Waals surface area contributed by atoms with E-state index in [1.165, 1.54) is 11.8 Å². The summed E-state index contributed by atoms with van der Waals surface area (Å²) in [6.07, 6.45) is 0.258. The minimum Gasteiger partial charge on any atom is -0.326 e. The maximum Gasteiger partial charge on any atom is 0.234 e. The van der Waals surface area contributed by atoms with Gasteiger partial charge in [-0.1, -0.05) is 18.2 Å². The van der Waals surface area contributed by atoms with Gasteiger partial charge in [0.05, 0.1) is 23.4 Å². The molecule has 2 aromatic carbocycles. The smallest absolute Gasteiger partial charge is 0.234 e. The molecule has 0 saturated heterocycles. The van der Waals surface area contributed by atoms with Crippen LogP contribution in [0.1, 0.15) is 16.8 Å². The summed E-state index contributed by atoms with van der Waals surface area (Å²) in [5.41, 5.74) is 5.27. The number of benzene rings is 2. The van der Waals surface area contributed by atoms with E-state index in [2.05, 4.69) is 15.6 Å². The Hall–Kier alpha value is -2.86. The molecule has 3 aromatic rings. The van der Waals surface area contributed by atoms with Gasteiger partial charge in [0.2, 0.25) is 11.8 Å². The van der Waals surface area contributed by atoms with Crippen LogP contribution in [0.4, 0.5) is 11.4 Å². The number of para-hydroxylation sites is 1. The fraction of sp³-hybridized carbons (Fsp3) is 0.190. The first-order chi connectivity index (χ1) is 13.0. The van der Waals surface area contributed by atoms with Crippen molar-refractivity contribution in [2.45, 2.75) is 25.2 Å². The Kier molecular flexibility index (Phi) is 4.58. The van der Waals surface area contributed by atoms with Gasteiger partial charge in [0, 0.05) is 21.7 Å². The van der Waals surface area contributed by atoms with Crippen LogP contribution in [0.15, 0.2) is 47.4 Å². The Morgan fingerprint density at radius 2 is 2.04 bits per heavy atom. The van der Waals surface area contributed by atoms with E-state index in [1.54, 1.807) is 6.07 Å². The van der Waals surface area contributed by atoms with E-state index in [1.807, 2.05) is 50.2 Å². The van der Waals surface area contributed by atoms with E-state index in [9.17, 15) is 9.59 Å². The number of nitrogens with one attached hydrogen (secondary N) is 2. The lowest BCUT2D eigenvalue weighted by molar-refractivity contribution is -0.115. The van der Waals surface area contributed by atoms with E-state index < -0.39 is 0 Å². The van der Waals surface area contributed by atoms with Gasteiger partial charge >= 0.3 is 0 Å². The highest BCUT2D eigenvalue weighted by molar-refractivity contribution is 8.00. The molecule has 136 valence electrons. The molecular formula is C21H19N3O2S. The third-order valence-electron chi connectivity index (χ3n) is 4.72. The molecule has 5 nitrogen and oxygen atoms in total. The van der Waals surface area contributed by atoms with E-state index in [0.717, 1.165) is 38.3 Å². The molecule has 0 spiro atoms. The number of aromatic nitrogens is 1. The number of nitrogens with zero attached hydrogens (tertiary/aromatic N) is 1. The predicted molar refractivity (Wildman–Crippen MR) is 109 cm³/mol. The summed E-state index contributed by atoms with van der Waals surface area (Å²) in [4.78, 5) is 29.8. The number of pyridine rings is 1. The minimum atomic E-state index is -0.104. The lowest BCUT2D eigenvalue weighted by atomic mass is 9.99. The molecule has 4 rings (SSSR count). The first kappa shape index (κ1) is 17.5. The van der Waals surface area contributed by atoms with Crippen molar-refractivity contribution in [2.24, 2.45) is 0 Å². The van der Waals surface area contributed by atoms with Crippen LogP contribution in [0.3, 0.4) is 0 Å². The van der Waals surface area contributed by atoms with Crippen molar-refractivity contribution < 1.29 is 9.59 Å². The number of thioether (sulfide) groups is 1. The summed E-state index contributed by atoms with van der Waals surface area (Å²) in [5.74, 6) is 0.296. The molecule has 1 aliphatic rings. The van der Waals surface area contributed by atoms with Crippen LogP contribution in [-0.2, 0) is 16.0 Å². The third kappa shape index (κ3) is 3.53. The standard InChI is InChI=1S/C21H19N3O2S/c1-12-15-5-3-4-6-17(15)22-13(2)16(12)10-20(25)23-14-7-8-19-18(9-14)24-21(26)11-27-19/h3-9H,10-11H2,1-2H3,(H,23,25)(H,24,26). The number of fused-ring (bicyclic) bond motifs is 2. The van der Waals surface area contributed by atoms with Gasteiger partial charge < -0.3 is 10.6 Å². The molecule has 1 aromatic heterocycles. The van der Waals surface area contributed by atoms with Crippen LogP contribution in [0.5, 0.6) is 0 Å². The number of rotatable bonds is 3. The topological polar surface area (TPSA) is 71.1 Å². The average molecular weight is 377 g/mol. The Bertz CT molecular complexity index is 1080. The van der Waals surface area contributed by atoms with Crippen molar-refractivity contribution in [3.63, 3.8) is 0 Å². The Balaban J connectivity index is 1.56. The van der Waals surface area contributed by atoms with Gasteiger partial charge in [-0.25, -0.2) is 0 Å². The molecule has 0 atom stereocenters. The van der Waals surface area contributed by atoms with Crippen molar-refractivity contribution in [3.05, 3.63) is 59.3 Å². The normalized spacial score (nSPS) is 13.2. The van der Waals surface area contributed by atoms with Crippen LogP contribution >= 0.6 is 11.8 Å². The van der Waals surface area contributed by atoms with Crippen LogP contribution in [0, 0.1) is 13.8 Å². The summed E-state index contributed by atoms with van der Waals surface area (Å²) < 4.78 is 0. The highest BCUT2D eigenvalue weighted by Crippen LogP contribution is 2.33. The first-order valence-corrected chi connectivity index (χ1v) is 9.71. The lowest BCUT2D eigenvalue weighted by Gasteiger charge is -2.17. The Morgan fingerprint density at radius 3 is 2.89 bits per heavy atom. The molecule has 1 aliphatic heterocycles. The molecule has 2 heterocycles. The number of carbonyl (C=O) groups is 2. The maximum atomic E-state index is 12.6. The van der Waals surface area contributed by atoms with E-state index in [0.29, 0.717) is 11.4 Å². The number of carbonyl (C=O) groups excluding carboxylic acids is 2. The minimum absolute atomic E-state index is 0.0236. The van der Waals surface area contributed by atoms with Gasteiger partial charge in [-0.2, -0.15) is 0 Å². The van der Waals surface area contributed by atoms with E-state index in [4.69, 9.17) is 0 Å². The van der Waals surface area contributed by atoms with Gasteiger partial charge in [-0.05, 0) is 49.2 Å². The molecule has 2 amide bonds. The fourth-order valence-electron chi connectivity index (χ4n) is 3.36. The van der Waals surface area contributed by atoms with Crippen molar-refractivity contribution in [2.75, 3.05) is 16.4 Å². The highest BCUT2D eigenvalue weighted by Gasteiger charge is 2.17. The van der Waals surface area contributed by atoms with Crippen molar-refractivity contribution in [3.8, 4) is 0 Å². The van der Waals surface area contributed by atoms with Gasteiger partial charge in [0.25, 0.3) is 0 Å². The molecule has 0 bridgehead atoms. The number of anilines is 2. The number of hydrogen-bond donors (Lipinski definition) is 2. The average Bonchev–Trinajstić information content (AvgIpc) is 2.65. The zero-order valence-electron chi connectivity index (χ0n) is 15.1. The Labute approximate surface area is 161 Å². The largest absolute Gasteiger partial charge is 0.326 e. The van der Waals surface area contributed by atoms with Gasteiger partial charge in [0.1, 0.15) is 0 Å². The van der Waals surface area contributed by atoms with E-state index in [-0.39, 0.29) is 18.2 Å². The van der Waals surface area contributed by atoms with Gasteiger partial charge in [-0.3, -0.25) is 14.6 Å². The lowest BCUT2D eigenvalue weighted by Crippen LogP contribution is -2.20. The molecule has 2 N–H and O–H groups in total. The second-order valence-electron chi connectivity index (χ2n) is 6.59. The molecular weight excluding hydrogens is 358 g/mol. The number of amides is 2. The van der Waals surface area contributed by atoms with Crippen LogP contribution in [-0.4, -0.2) is 22.6 Å². The molecule has 0 fully saturated rings. The highest BCUT2D eigenvalue weighted by atomic mass is 32.2. The predicted octanol–water partition coefficient (Wildman–Crippen LogP) is 4.08. The molecule has 27 heavy (non-hydrogen) atoms. The molecule has 0 aliphatic carbocycles. The second kappa shape index (κ2) is 7.04. The van der Waals surface area contributed by atoms with Crippen LogP contribution in [0.25, 0.3) is 10.9 Å². The fourth-order valence-corrected chi connectivity index (χ4v) is 4.15. The van der Waals surface area contributed by atoms with Crippen LogP contribution in [0.2, 0.25) is 0 Å². The van der Waals surface area contributed by atoms with Gasteiger partial charge in [0.15, 0.2) is 0 Å².